The Morgan fingerprint density at radius 2 is 2.15 bits per heavy atom. The van der Waals surface area contributed by atoms with E-state index in [4.69, 9.17) is 0 Å². The average Bonchev–Trinajstić information content (AvgIpc) is 3.01. The molecule has 0 saturated heterocycles. The summed E-state index contributed by atoms with van der Waals surface area (Å²) in [6.07, 6.45) is 3.02. The quantitative estimate of drug-likeness (QED) is 0.489. The van der Waals surface area contributed by atoms with Crippen LogP contribution in [0.1, 0.15) is 38.3 Å². The number of fused-ring (bicyclic) bond motifs is 1. The lowest BCUT2D eigenvalue weighted by Gasteiger charge is -2.38. The van der Waals surface area contributed by atoms with Crippen LogP contribution < -0.4 is 5.32 Å². The molecule has 9 heteroatoms. The van der Waals surface area contributed by atoms with E-state index in [2.05, 4.69) is 29.2 Å². The molecule has 2 aromatic rings. The number of nitrogens with zero attached hydrogens (tertiary/aromatic N) is 4. The van der Waals surface area contributed by atoms with Crippen LogP contribution >= 0.6 is 11.8 Å². The van der Waals surface area contributed by atoms with Gasteiger partial charge in [0, 0.05) is 29.8 Å². The van der Waals surface area contributed by atoms with Gasteiger partial charge in [0.05, 0.1) is 4.92 Å². The minimum atomic E-state index is -0.520. The van der Waals surface area contributed by atoms with Gasteiger partial charge in [-0.2, -0.15) is 4.98 Å². The number of ketones is 1. The van der Waals surface area contributed by atoms with E-state index in [1.165, 1.54) is 23.9 Å². The summed E-state index contributed by atoms with van der Waals surface area (Å²) in [4.78, 5) is 28.3. The van der Waals surface area contributed by atoms with Crippen molar-refractivity contribution in [2.75, 3.05) is 11.6 Å². The summed E-state index contributed by atoms with van der Waals surface area (Å²) in [5, 5.41) is 19.6. The Hall–Kier alpha value is -2.68. The topological polar surface area (TPSA) is 103 Å². The highest BCUT2D eigenvalue weighted by Gasteiger charge is 2.42. The van der Waals surface area contributed by atoms with E-state index in [1.54, 1.807) is 16.8 Å². The molecule has 0 radical (unpaired) electrons. The first-order valence-corrected chi connectivity index (χ1v) is 9.80. The third-order valence-corrected chi connectivity index (χ3v) is 5.43. The molecule has 1 aromatic heterocycles. The molecule has 0 saturated carbocycles. The minimum absolute atomic E-state index is 0.0106. The number of Topliss-reactive ketones (excluding diaryl/α,β-unsaturated/α-hetero) is 1. The molecule has 0 bridgehead atoms. The summed E-state index contributed by atoms with van der Waals surface area (Å²) >= 11 is 1.41. The zero-order valence-electron chi connectivity index (χ0n) is 15.2. The van der Waals surface area contributed by atoms with Gasteiger partial charge in [-0.15, -0.1) is 5.10 Å². The van der Waals surface area contributed by atoms with Crippen molar-refractivity contribution in [2.24, 2.45) is 5.41 Å². The number of hydrogen-bond acceptors (Lipinski definition) is 7. The van der Waals surface area contributed by atoms with Gasteiger partial charge in [-0.25, -0.2) is 4.68 Å². The molecule has 1 aromatic carbocycles. The molecule has 27 heavy (non-hydrogen) atoms. The molecule has 140 valence electrons. The second kappa shape index (κ2) is 6.19. The fourth-order valence-electron chi connectivity index (χ4n) is 3.79. The summed E-state index contributed by atoms with van der Waals surface area (Å²) in [6, 6.07) is 5.87. The highest BCUT2D eigenvalue weighted by atomic mass is 32.2. The van der Waals surface area contributed by atoms with E-state index in [-0.39, 0.29) is 16.9 Å². The first kappa shape index (κ1) is 17.7. The summed E-state index contributed by atoms with van der Waals surface area (Å²) < 4.78 is 1.67. The number of benzene rings is 1. The fourth-order valence-corrected chi connectivity index (χ4v) is 4.14. The number of hydrogen-bond donors (Lipinski definition) is 1. The van der Waals surface area contributed by atoms with E-state index in [1.807, 2.05) is 6.26 Å². The molecular formula is C18H19N5O3S. The summed E-state index contributed by atoms with van der Waals surface area (Å²) in [5.74, 6) is 0.595. The molecule has 1 N–H and O–H groups in total. The number of nitrogens with one attached hydrogen (secondary N) is 1. The molecule has 2 aliphatic rings. The highest BCUT2D eigenvalue weighted by molar-refractivity contribution is 7.98. The number of carbonyl (C=O) groups is 1. The lowest BCUT2D eigenvalue weighted by molar-refractivity contribution is -0.384. The Kier molecular flexibility index (Phi) is 4.06. The van der Waals surface area contributed by atoms with Gasteiger partial charge in [0.25, 0.3) is 5.69 Å². The van der Waals surface area contributed by atoms with Crippen molar-refractivity contribution < 1.29 is 9.72 Å². The van der Waals surface area contributed by atoms with Crippen LogP contribution in [0.5, 0.6) is 0 Å². The van der Waals surface area contributed by atoms with E-state index in [0.717, 1.165) is 5.70 Å². The van der Waals surface area contributed by atoms with Gasteiger partial charge in [-0.1, -0.05) is 37.7 Å². The first-order chi connectivity index (χ1) is 12.8. The number of allylic oxidation sites excluding steroid dienone is 2. The predicted molar refractivity (Wildman–Crippen MR) is 102 cm³/mol. The van der Waals surface area contributed by atoms with E-state index in [0.29, 0.717) is 35.1 Å². The smallest absolute Gasteiger partial charge is 0.269 e. The molecule has 1 atom stereocenters. The maximum Gasteiger partial charge on any atom is 0.269 e. The number of non-ortho nitro benzene ring substituents is 1. The van der Waals surface area contributed by atoms with Crippen molar-refractivity contribution in [1.29, 1.82) is 0 Å². The molecule has 1 unspecified atom stereocenters. The van der Waals surface area contributed by atoms with Crippen molar-refractivity contribution in [3.05, 3.63) is 51.2 Å². The zero-order chi connectivity index (χ0) is 19.3. The van der Waals surface area contributed by atoms with Crippen LogP contribution in [0.15, 0.2) is 40.7 Å². The summed E-state index contributed by atoms with van der Waals surface area (Å²) in [6.45, 7) is 4.12. The third-order valence-electron chi connectivity index (χ3n) is 4.89. The molecule has 1 aliphatic heterocycles. The molecule has 8 nitrogen and oxygen atoms in total. The van der Waals surface area contributed by atoms with Crippen LogP contribution in [0, 0.1) is 15.5 Å². The molecule has 0 spiro atoms. The maximum atomic E-state index is 13.0. The average molecular weight is 385 g/mol. The lowest BCUT2D eigenvalue weighted by Crippen LogP contribution is -2.36. The minimum Gasteiger partial charge on any atom is -0.328 e. The standard InChI is InChI=1S/C18H19N5O3S/c1-18(2)8-12-14(13(24)9-18)15(10-5-4-6-11(7-10)23(25)26)22-16(19-12)20-17(21-22)27-3/h4-7,15H,8-9H2,1-3H3,(H,19,20,21). The molecule has 4 rings (SSSR count). The zero-order valence-corrected chi connectivity index (χ0v) is 16.0. The molecular weight excluding hydrogens is 366 g/mol. The van der Waals surface area contributed by atoms with Gasteiger partial charge in [0.1, 0.15) is 6.04 Å². The van der Waals surface area contributed by atoms with Crippen molar-refractivity contribution in [3.8, 4) is 0 Å². The number of rotatable bonds is 3. The molecule has 2 heterocycles. The first-order valence-electron chi connectivity index (χ1n) is 8.57. The maximum absolute atomic E-state index is 13.0. The van der Waals surface area contributed by atoms with E-state index in [9.17, 15) is 14.9 Å². The third kappa shape index (κ3) is 3.01. The lowest BCUT2D eigenvalue weighted by atomic mass is 9.73. The van der Waals surface area contributed by atoms with Gasteiger partial charge in [-0.05, 0) is 23.7 Å². The monoisotopic (exact) mass is 385 g/mol. The van der Waals surface area contributed by atoms with E-state index < -0.39 is 11.0 Å². The number of thioether (sulfide) groups is 1. The van der Waals surface area contributed by atoms with Crippen molar-refractivity contribution in [2.45, 2.75) is 37.9 Å². The Bertz CT molecular complexity index is 995. The van der Waals surface area contributed by atoms with E-state index >= 15 is 0 Å². The Labute approximate surface area is 160 Å². The fraction of sp³-hybridized carbons (Fsp3) is 0.389. The second-order valence-electron chi connectivity index (χ2n) is 7.58. The Morgan fingerprint density at radius 1 is 1.37 bits per heavy atom. The Balaban J connectivity index is 1.92. The van der Waals surface area contributed by atoms with Crippen molar-refractivity contribution in [1.82, 2.24) is 14.8 Å². The van der Waals surface area contributed by atoms with Crippen LogP contribution in [-0.2, 0) is 4.79 Å². The molecule has 1 aliphatic carbocycles. The number of nitro groups is 1. The number of aromatic nitrogens is 3. The summed E-state index contributed by atoms with van der Waals surface area (Å²) in [7, 11) is 0. The van der Waals surface area contributed by atoms with Gasteiger partial charge in [0.2, 0.25) is 11.1 Å². The largest absolute Gasteiger partial charge is 0.328 e. The van der Waals surface area contributed by atoms with Gasteiger partial charge < -0.3 is 5.32 Å². The van der Waals surface area contributed by atoms with Crippen LogP contribution in [0.25, 0.3) is 0 Å². The molecule has 0 amide bonds. The predicted octanol–water partition coefficient (Wildman–Crippen LogP) is 3.57. The number of nitro benzene ring substituents is 1. The van der Waals surface area contributed by atoms with Crippen LogP contribution in [0.3, 0.4) is 0 Å². The van der Waals surface area contributed by atoms with Crippen molar-refractivity contribution in [3.63, 3.8) is 0 Å². The van der Waals surface area contributed by atoms with Gasteiger partial charge in [-0.3, -0.25) is 14.9 Å². The normalized spacial score (nSPS) is 20.7. The van der Waals surface area contributed by atoms with Crippen LogP contribution in [-0.4, -0.2) is 31.7 Å². The SMILES string of the molecule is CSc1nc2n(n1)C(c1cccc([N+](=O)[O-])c1)C1=C(CC(C)(C)CC1=O)N2. The van der Waals surface area contributed by atoms with Gasteiger partial charge >= 0.3 is 0 Å². The second-order valence-corrected chi connectivity index (χ2v) is 8.35. The van der Waals surface area contributed by atoms with Crippen LogP contribution in [0.4, 0.5) is 11.6 Å². The number of carbonyl (C=O) groups excluding carboxylic acids is 1. The van der Waals surface area contributed by atoms with Crippen molar-refractivity contribution >= 4 is 29.2 Å². The van der Waals surface area contributed by atoms with Crippen LogP contribution in [0.2, 0.25) is 0 Å². The highest BCUT2D eigenvalue weighted by Crippen LogP contribution is 2.45. The summed E-state index contributed by atoms with van der Waals surface area (Å²) in [5.41, 5.74) is 1.95. The Morgan fingerprint density at radius 3 is 2.85 bits per heavy atom. The van der Waals surface area contributed by atoms with Gasteiger partial charge in [0.15, 0.2) is 5.78 Å². The number of anilines is 1. The molecule has 0 fully saturated rings.